The second kappa shape index (κ2) is 4.82. The maximum absolute atomic E-state index is 12.1. The largest absolute Gasteiger partial charge is 0.296 e. The molecular weight excluding hydrogens is 248 g/mol. The molecule has 1 aromatic heterocycles. The summed E-state index contributed by atoms with van der Waals surface area (Å²) in [5, 5.41) is 4.24. The van der Waals surface area contributed by atoms with Gasteiger partial charge in [-0.1, -0.05) is 6.58 Å². The topological polar surface area (TPSA) is 37.8 Å². The third-order valence-corrected chi connectivity index (χ3v) is 4.51. The van der Waals surface area contributed by atoms with Crippen molar-refractivity contribution in [1.82, 2.24) is 9.78 Å². The standard InChI is InChI=1S/C17H22N2O/c1-9-10(2)12(4)15(13(5)11(9)3)8-16-14(6)18-19(7)17(16)20/h8,18H,6H2,1-5,7H3. The molecule has 1 aromatic carbocycles. The van der Waals surface area contributed by atoms with Crippen LogP contribution in [0.2, 0.25) is 0 Å². The van der Waals surface area contributed by atoms with Crippen LogP contribution >= 0.6 is 0 Å². The lowest BCUT2D eigenvalue weighted by atomic mass is 9.89. The number of hydrogen-bond donors (Lipinski definition) is 1. The van der Waals surface area contributed by atoms with Crippen LogP contribution in [0, 0.1) is 34.6 Å². The minimum Gasteiger partial charge on any atom is -0.296 e. The first kappa shape index (κ1) is 14.4. The van der Waals surface area contributed by atoms with Gasteiger partial charge < -0.3 is 0 Å². The number of rotatable bonds is 1. The number of benzene rings is 1. The SMILES string of the molecule is C=c1[nH]n(C)c(=O)c1=Cc1c(C)c(C)c(C)c(C)c1C. The molecule has 0 radical (unpaired) electrons. The lowest BCUT2D eigenvalue weighted by Gasteiger charge is -2.16. The quantitative estimate of drug-likeness (QED) is 0.838. The van der Waals surface area contributed by atoms with Crippen LogP contribution in [-0.2, 0) is 7.05 Å². The minimum absolute atomic E-state index is 0.0373. The van der Waals surface area contributed by atoms with Gasteiger partial charge in [0.1, 0.15) is 0 Å². The van der Waals surface area contributed by atoms with Crippen molar-refractivity contribution in [3.63, 3.8) is 0 Å². The van der Waals surface area contributed by atoms with E-state index in [9.17, 15) is 4.79 Å². The van der Waals surface area contributed by atoms with Crippen LogP contribution < -0.4 is 16.1 Å². The van der Waals surface area contributed by atoms with Crippen molar-refractivity contribution in [3.05, 3.63) is 54.3 Å². The number of aromatic amines is 1. The number of nitrogens with zero attached hydrogens (tertiary/aromatic N) is 1. The molecule has 0 spiro atoms. The van der Waals surface area contributed by atoms with Gasteiger partial charge in [-0.2, -0.15) is 0 Å². The maximum atomic E-state index is 12.1. The molecule has 0 fully saturated rings. The van der Waals surface area contributed by atoms with E-state index < -0.39 is 0 Å². The zero-order chi connectivity index (χ0) is 15.2. The Morgan fingerprint density at radius 1 is 0.950 bits per heavy atom. The fraction of sp³-hybridized carbons (Fsp3) is 0.353. The van der Waals surface area contributed by atoms with E-state index in [0.717, 1.165) is 5.56 Å². The van der Waals surface area contributed by atoms with E-state index in [1.54, 1.807) is 7.05 Å². The summed E-state index contributed by atoms with van der Waals surface area (Å²) in [5.41, 5.74) is 7.46. The lowest BCUT2D eigenvalue weighted by Crippen LogP contribution is -2.33. The third kappa shape index (κ3) is 2.03. The van der Waals surface area contributed by atoms with Crippen LogP contribution in [0.5, 0.6) is 0 Å². The van der Waals surface area contributed by atoms with Crippen LogP contribution in [0.1, 0.15) is 33.4 Å². The number of nitrogens with one attached hydrogen (secondary N) is 1. The summed E-state index contributed by atoms with van der Waals surface area (Å²) in [5.74, 6) is 0. The maximum Gasteiger partial charge on any atom is 0.274 e. The summed E-state index contributed by atoms with van der Waals surface area (Å²) >= 11 is 0. The molecule has 0 unspecified atom stereocenters. The monoisotopic (exact) mass is 270 g/mol. The Balaban J connectivity index is 2.92. The van der Waals surface area contributed by atoms with Crippen molar-refractivity contribution in [2.75, 3.05) is 0 Å². The third-order valence-electron chi connectivity index (χ3n) is 4.51. The first-order chi connectivity index (χ1) is 9.25. The van der Waals surface area contributed by atoms with Gasteiger partial charge in [-0.15, -0.1) is 0 Å². The van der Waals surface area contributed by atoms with E-state index in [2.05, 4.69) is 46.3 Å². The highest BCUT2D eigenvalue weighted by Crippen LogP contribution is 2.26. The first-order valence-corrected chi connectivity index (χ1v) is 6.78. The molecule has 0 saturated carbocycles. The highest BCUT2D eigenvalue weighted by molar-refractivity contribution is 5.63. The molecule has 1 heterocycles. The summed E-state index contributed by atoms with van der Waals surface area (Å²) in [6.07, 6.45) is 1.96. The van der Waals surface area contributed by atoms with Gasteiger partial charge in [0.05, 0.1) is 10.6 Å². The van der Waals surface area contributed by atoms with Crippen LogP contribution in [0.4, 0.5) is 0 Å². The van der Waals surface area contributed by atoms with Gasteiger partial charge in [-0.25, -0.2) is 0 Å². The highest BCUT2D eigenvalue weighted by atomic mass is 16.1. The van der Waals surface area contributed by atoms with Gasteiger partial charge in [0.25, 0.3) is 5.56 Å². The van der Waals surface area contributed by atoms with Gasteiger partial charge in [0, 0.05) is 7.05 Å². The van der Waals surface area contributed by atoms with Crippen LogP contribution in [0.25, 0.3) is 12.7 Å². The molecule has 2 rings (SSSR count). The molecule has 106 valence electrons. The zero-order valence-corrected chi connectivity index (χ0v) is 13.1. The summed E-state index contributed by atoms with van der Waals surface area (Å²) in [4.78, 5) is 12.1. The van der Waals surface area contributed by atoms with Crippen LogP contribution in [0.15, 0.2) is 4.79 Å². The molecule has 0 amide bonds. The van der Waals surface area contributed by atoms with Crippen molar-refractivity contribution in [3.8, 4) is 0 Å². The number of H-pyrrole nitrogens is 1. The molecule has 20 heavy (non-hydrogen) atoms. The second-order valence-electron chi connectivity index (χ2n) is 5.55. The lowest BCUT2D eigenvalue weighted by molar-refractivity contribution is 0.732. The van der Waals surface area contributed by atoms with Gasteiger partial charge in [-0.3, -0.25) is 14.6 Å². The molecule has 0 aliphatic rings. The Kier molecular flexibility index (Phi) is 3.46. The summed E-state index contributed by atoms with van der Waals surface area (Å²) in [7, 11) is 1.71. The van der Waals surface area contributed by atoms with Gasteiger partial charge >= 0.3 is 0 Å². The Morgan fingerprint density at radius 2 is 1.40 bits per heavy atom. The van der Waals surface area contributed by atoms with E-state index >= 15 is 0 Å². The summed E-state index contributed by atoms with van der Waals surface area (Å²) in [6.45, 7) is 14.6. The van der Waals surface area contributed by atoms with E-state index in [-0.39, 0.29) is 5.56 Å². The number of aryl methyl sites for hydroxylation is 1. The van der Waals surface area contributed by atoms with Crippen LogP contribution in [0.3, 0.4) is 0 Å². The molecular formula is C17H22N2O. The average Bonchev–Trinajstić information content (AvgIpc) is 2.65. The van der Waals surface area contributed by atoms with Gasteiger partial charge in [-0.05, 0) is 74.1 Å². The number of hydrogen-bond acceptors (Lipinski definition) is 1. The molecule has 1 N–H and O–H groups in total. The average molecular weight is 270 g/mol. The fourth-order valence-corrected chi connectivity index (χ4v) is 2.66. The Hall–Kier alpha value is -2.03. The molecule has 0 bridgehead atoms. The van der Waals surface area contributed by atoms with Gasteiger partial charge in [0.15, 0.2) is 0 Å². The smallest absolute Gasteiger partial charge is 0.274 e. The summed E-state index contributed by atoms with van der Waals surface area (Å²) in [6, 6.07) is 0. The molecule has 3 nitrogen and oxygen atoms in total. The predicted octanol–water partition coefficient (Wildman–Crippen LogP) is 1.49. The van der Waals surface area contributed by atoms with Crippen molar-refractivity contribution in [1.29, 1.82) is 0 Å². The molecule has 2 aromatic rings. The fourth-order valence-electron chi connectivity index (χ4n) is 2.66. The van der Waals surface area contributed by atoms with Crippen molar-refractivity contribution in [2.24, 2.45) is 7.05 Å². The predicted molar refractivity (Wildman–Crippen MR) is 84.5 cm³/mol. The van der Waals surface area contributed by atoms with Crippen LogP contribution in [-0.4, -0.2) is 9.78 Å². The van der Waals surface area contributed by atoms with E-state index in [1.165, 1.54) is 32.5 Å². The van der Waals surface area contributed by atoms with E-state index in [1.807, 2.05) is 6.08 Å². The van der Waals surface area contributed by atoms with Crippen molar-refractivity contribution in [2.45, 2.75) is 34.6 Å². The second-order valence-corrected chi connectivity index (χ2v) is 5.55. The van der Waals surface area contributed by atoms with Crippen molar-refractivity contribution < 1.29 is 0 Å². The van der Waals surface area contributed by atoms with E-state index in [4.69, 9.17) is 0 Å². The van der Waals surface area contributed by atoms with Gasteiger partial charge in [0.2, 0.25) is 0 Å². The first-order valence-electron chi connectivity index (χ1n) is 6.78. The Morgan fingerprint density at radius 3 is 1.80 bits per heavy atom. The number of aromatic nitrogens is 2. The molecule has 0 aliphatic carbocycles. The zero-order valence-electron chi connectivity index (χ0n) is 13.1. The highest BCUT2D eigenvalue weighted by Gasteiger charge is 2.11. The Labute approximate surface area is 119 Å². The molecule has 3 heteroatoms. The molecule has 0 saturated heterocycles. The van der Waals surface area contributed by atoms with Crippen molar-refractivity contribution >= 4 is 12.7 Å². The minimum atomic E-state index is -0.0373. The molecule has 0 atom stereocenters. The van der Waals surface area contributed by atoms with E-state index in [0.29, 0.717) is 10.6 Å². The Bertz CT molecular complexity index is 822. The normalized spacial score (nSPS) is 12.2. The molecule has 0 aliphatic heterocycles. The summed E-state index contributed by atoms with van der Waals surface area (Å²) < 4.78 is 1.47.